The van der Waals surface area contributed by atoms with E-state index < -0.39 is 6.98 Å². The minimum Gasteiger partial charge on any atom is -0.474 e. The highest BCUT2D eigenvalue weighted by atomic mass is 16.5. The maximum atomic E-state index is 7.05. The Labute approximate surface area is 64.8 Å². The van der Waals surface area contributed by atoms with E-state index in [1.807, 2.05) is 13.8 Å². The summed E-state index contributed by atoms with van der Waals surface area (Å²) in [5.41, 5.74) is 0. The molecule has 1 aromatic rings. The maximum absolute atomic E-state index is 7.05. The third-order valence-electron chi connectivity index (χ3n) is 0.921. The number of ether oxygens (including phenoxy) is 1. The van der Waals surface area contributed by atoms with Gasteiger partial charge in [0.05, 0.1) is 6.10 Å². The van der Waals surface area contributed by atoms with E-state index in [4.69, 9.17) is 8.85 Å². The zero-order valence-electron chi connectivity index (χ0n) is 9.03. The summed E-state index contributed by atoms with van der Waals surface area (Å²) >= 11 is 0. The predicted molar refractivity (Wildman–Crippen MR) is 39.0 cm³/mol. The minimum absolute atomic E-state index is 0.0000454. The summed E-state index contributed by atoms with van der Waals surface area (Å²) in [6.07, 6.45) is 1.38. The average Bonchev–Trinajstić information content (AvgIpc) is 2.32. The molecule has 0 aliphatic rings. The quantitative estimate of drug-likeness (QED) is 0.622. The monoisotopic (exact) mass is 143 g/mol. The molecule has 10 heavy (non-hydrogen) atoms. The van der Waals surface area contributed by atoms with Gasteiger partial charge in [0.25, 0.3) is 0 Å². The molecule has 1 rings (SSSR count). The smallest absolute Gasteiger partial charge is 0.232 e. The van der Waals surface area contributed by atoms with E-state index >= 15 is 0 Å². The Balaban J connectivity index is 2.75. The Kier molecular flexibility index (Phi) is 1.09. The normalized spacial score (nSPS) is 16.1. The molecule has 0 saturated carbocycles. The van der Waals surface area contributed by atoms with Crippen molar-refractivity contribution in [3.63, 3.8) is 0 Å². The van der Waals surface area contributed by atoms with Crippen molar-refractivity contribution in [3.8, 4) is 5.88 Å². The Hall–Kier alpha value is -0.990. The van der Waals surface area contributed by atoms with E-state index in [0.29, 0.717) is 5.88 Å². The Bertz CT molecular complexity index is 280. The molecule has 0 aliphatic heterocycles. The van der Waals surface area contributed by atoms with Gasteiger partial charge in [0.15, 0.2) is 0 Å². The van der Waals surface area contributed by atoms with Crippen LogP contribution in [-0.2, 0) is 6.98 Å². The molecule has 0 aromatic carbocycles. The van der Waals surface area contributed by atoms with Crippen LogP contribution in [0.5, 0.6) is 5.88 Å². The van der Waals surface area contributed by atoms with E-state index in [9.17, 15) is 0 Å². The molecule has 0 N–H and O–H groups in total. The fourth-order valence-electron chi connectivity index (χ4n) is 0.612. The summed E-state index contributed by atoms with van der Waals surface area (Å²) in [4.78, 5) is 0. The van der Waals surface area contributed by atoms with Crippen molar-refractivity contribution in [3.05, 3.63) is 12.3 Å². The molecule has 0 saturated heterocycles. The van der Waals surface area contributed by atoms with Crippen molar-refractivity contribution in [2.45, 2.75) is 20.0 Å². The van der Waals surface area contributed by atoms with Crippen LogP contribution in [0.25, 0.3) is 0 Å². The third kappa shape index (κ3) is 1.76. The Morgan fingerprint density at radius 1 is 1.80 bits per heavy atom. The summed E-state index contributed by atoms with van der Waals surface area (Å²) in [5, 5.41) is 3.75. The van der Waals surface area contributed by atoms with Crippen molar-refractivity contribution >= 4 is 0 Å². The van der Waals surface area contributed by atoms with Gasteiger partial charge in [-0.15, -0.1) is 5.10 Å². The highest BCUT2D eigenvalue weighted by Crippen LogP contribution is 2.05. The molecule has 3 heteroatoms. The molecule has 0 spiro atoms. The van der Waals surface area contributed by atoms with Crippen LogP contribution in [0.2, 0.25) is 0 Å². The molecule has 3 nitrogen and oxygen atoms in total. The summed E-state index contributed by atoms with van der Waals surface area (Å²) in [7, 11) is 0. The lowest BCUT2D eigenvalue weighted by Crippen LogP contribution is -2.06. The van der Waals surface area contributed by atoms with Gasteiger partial charge >= 0.3 is 0 Å². The van der Waals surface area contributed by atoms with Gasteiger partial charge in [-0.25, -0.2) is 0 Å². The molecule has 0 amide bonds. The maximum Gasteiger partial charge on any atom is 0.232 e. The number of aromatic nitrogens is 2. The predicted octanol–water partition coefficient (Wildman–Crippen LogP) is 1.21. The minimum atomic E-state index is -2.22. The first-order valence-electron chi connectivity index (χ1n) is 4.62. The SMILES string of the molecule is [2H]C([2H])([2H])n1ccc(OC(C)C)n1. The van der Waals surface area contributed by atoms with Crippen LogP contribution in [0, 0.1) is 0 Å². The second kappa shape index (κ2) is 2.73. The van der Waals surface area contributed by atoms with E-state index in [2.05, 4.69) is 5.10 Å². The molecule has 0 aliphatic carbocycles. The van der Waals surface area contributed by atoms with Crippen molar-refractivity contribution in [2.75, 3.05) is 0 Å². The molecule has 0 fully saturated rings. The van der Waals surface area contributed by atoms with Crippen LogP contribution in [0.15, 0.2) is 12.3 Å². The van der Waals surface area contributed by atoms with Gasteiger partial charge in [-0.2, -0.15) is 0 Å². The van der Waals surface area contributed by atoms with Gasteiger partial charge in [-0.05, 0) is 13.8 Å². The summed E-state index contributed by atoms with van der Waals surface area (Å²) in [6, 6.07) is 1.53. The second-order valence-electron chi connectivity index (χ2n) is 2.27. The number of rotatable bonds is 2. The van der Waals surface area contributed by atoms with Crippen LogP contribution in [0.1, 0.15) is 18.0 Å². The molecule has 56 valence electrons. The van der Waals surface area contributed by atoms with Gasteiger partial charge in [0, 0.05) is 23.4 Å². The summed E-state index contributed by atoms with van der Waals surface area (Å²) < 4.78 is 27.3. The van der Waals surface area contributed by atoms with Gasteiger partial charge < -0.3 is 4.74 Å². The van der Waals surface area contributed by atoms with Crippen LogP contribution in [0.4, 0.5) is 0 Å². The summed E-state index contributed by atoms with van der Waals surface area (Å²) in [6.45, 7) is 1.49. The number of hydrogen-bond acceptors (Lipinski definition) is 2. The standard InChI is InChI=1S/C7H12N2O/c1-6(2)10-7-4-5-9(3)8-7/h4-6H,1-3H3/i3D3. The van der Waals surface area contributed by atoms with Crippen LogP contribution in [0.3, 0.4) is 0 Å². The van der Waals surface area contributed by atoms with Crippen LogP contribution >= 0.6 is 0 Å². The van der Waals surface area contributed by atoms with Crippen LogP contribution in [-0.4, -0.2) is 15.9 Å². The van der Waals surface area contributed by atoms with Gasteiger partial charge in [-0.1, -0.05) is 0 Å². The fourth-order valence-corrected chi connectivity index (χ4v) is 0.612. The molecular weight excluding hydrogens is 128 g/mol. The lowest BCUT2D eigenvalue weighted by Gasteiger charge is -2.04. The number of hydrogen-bond donors (Lipinski definition) is 0. The Morgan fingerprint density at radius 3 is 3.10 bits per heavy atom. The Morgan fingerprint density at radius 2 is 2.60 bits per heavy atom. The fraction of sp³-hybridized carbons (Fsp3) is 0.571. The van der Waals surface area contributed by atoms with Gasteiger partial charge in [0.1, 0.15) is 0 Å². The van der Waals surface area contributed by atoms with E-state index in [1.54, 1.807) is 0 Å². The zero-order chi connectivity index (χ0) is 10.1. The van der Waals surface area contributed by atoms with E-state index in [-0.39, 0.29) is 6.10 Å². The van der Waals surface area contributed by atoms with E-state index in [1.165, 1.54) is 12.3 Å². The first kappa shape index (κ1) is 4.01. The van der Waals surface area contributed by atoms with Crippen LogP contribution < -0.4 is 4.74 Å². The number of nitrogens with zero attached hydrogens (tertiary/aromatic N) is 2. The highest BCUT2D eigenvalue weighted by molar-refractivity contribution is 5.05. The third-order valence-corrected chi connectivity index (χ3v) is 0.921. The largest absolute Gasteiger partial charge is 0.474 e. The molecule has 1 heterocycles. The first-order chi connectivity index (χ1) is 5.89. The topological polar surface area (TPSA) is 27.1 Å². The average molecular weight is 143 g/mol. The summed E-state index contributed by atoms with van der Waals surface area (Å²) in [5.74, 6) is 0.339. The van der Waals surface area contributed by atoms with Crippen molar-refractivity contribution in [2.24, 2.45) is 6.98 Å². The van der Waals surface area contributed by atoms with Crippen molar-refractivity contribution in [1.29, 1.82) is 0 Å². The molecular formula is C7H12N2O. The number of aryl methyl sites for hydroxylation is 1. The molecule has 0 radical (unpaired) electrons. The van der Waals surface area contributed by atoms with Gasteiger partial charge in [0.2, 0.25) is 5.88 Å². The molecule has 0 atom stereocenters. The zero-order valence-corrected chi connectivity index (χ0v) is 6.03. The first-order valence-corrected chi connectivity index (χ1v) is 3.12. The van der Waals surface area contributed by atoms with Crippen molar-refractivity contribution < 1.29 is 8.85 Å². The molecule has 0 bridgehead atoms. The highest BCUT2D eigenvalue weighted by Gasteiger charge is 1.98. The second-order valence-corrected chi connectivity index (χ2v) is 2.27. The van der Waals surface area contributed by atoms with Crippen molar-refractivity contribution in [1.82, 2.24) is 9.78 Å². The van der Waals surface area contributed by atoms with Gasteiger partial charge in [-0.3, -0.25) is 4.68 Å². The molecule has 1 aromatic heterocycles. The lowest BCUT2D eigenvalue weighted by atomic mass is 10.5. The lowest BCUT2D eigenvalue weighted by molar-refractivity contribution is 0.230. The molecule has 0 unspecified atom stereocenters. The van der Waals surface area contributed by atoms with E-state index in [0.717, 1.165) is 4.68 Å².